The Morgan fingerprint density at radius 1 is 1.47 bits per heavy atom. The van der Waals surface area contributed by atoms with Crippen LogP contribution in [0.15, 0.2) is 6.07 Å². The monoisotopic (exact) mass is 245 g/mol. The third kappa shape index (κ3) is 3.52. The predicted molar refractivity (Wildman–Crippen MR) is 55.5 cm³/mol. The van der Waals surface area contributed by atoms with Crippen LogP contribution >= 0.6 is 0 Å². The minimum Gasteiger partial charge on any atom is -0.461 e. The SMILES string of the molecule is C#CC(C)Oc1cc(C(F)(F)F)nc(NC)n1. The van der Waals surface area contributed by atoms with E-state index in [9.17, 15) is 13.2 Å². The summed E-state index contributed by atoms with van der Waals surface area (Å²) in [7, 11) is 1.41. The fourth-order valence-electron chi connectivity index (χ4n) is 0.958. The van der Waals surface area contributed by atoms with Crippen molar-refractivity contribution in [3.8, 4) is 18.2 Å². The molecule has 7 heteroatoms. The molecule has 1 N–H and O–H groups in total. The van der Waals surface area contributed by atoms with Crippen molar-refractivity contribution in [1.29, 1.82) is 0 Å². The molecule has 1 rings (SSSR count). The smallest absolute Gasteiger partial charge is 0.433 e. The molecule has 1 unspecified atom stereocenters. The Kier molecular flexibility index (Phi) is 3.78. The number of halogens is 3. The number of alkyl halides is 3. The summed E-state index contributed by atoms with van der Waals surface area (Å²) in [5.41, 5.74) is -1.09. The second-order valence-corrected chi connectivity index (χ2v) is 3.09. The van der Waals surface area contributed by atoms with Crippen LogP contribution in [0.4, 0.5) is 19.1 Å². The van der Waals surface area contributed by atoms with Crippen molar-refractivity contribution >= 4 is 5.95 Å². The van der Waals surface area contributed by atoms with E-state index in [1.807, 2.05) is 0 Å². The third-order valence-corrected chi connectivity index (χ3v) is 1.75. The van der Waals surface area contributed by atoms with Gasteiger partial charge in [0.2, 0.25) is 11.8 Å². The lowest BCUT2D eigenvalue weighted by Gasteiger charge is -2.12. The molecule has 4 nitrogen and oxygen atoms in total. The van der Waals surface area contributed by atoms with E-state index in [4.69, 9.17) is 11.2 Å². The molecule has 1 heterocycles. The van der Waals surface area contributed by atoms with Crippen molar-refractivity contribution in [2.24, 2.45) is 0 Å². The molecule has 0 aromatic carbocycles. The van der Waals surface area contributed by atoms with E-state index < -0.39 is 18.0 Å². The molecule has 0 aliphatic carbocycles. The van der Waals surface area contributed by atoms with Gasteiger partial charge in [0.1, 0.15) is 0 Å². The number of aromatic nitrogens is 2. The van der Waals surface area contributed by atoms with Crippen LogP contribution in [-0.2, 0) is 6.18 Å². The summed E-state index contributed by atoms with van der Waals surface area (Å²) in [5.74, 6) is 1.82. The van der Waals surface area contributed by atoms with Gasteiger partial charge in [-0.25, -0.2) is 4.98 Å². The number of hydrogen-bond donors (Lipinski definition) is 1. The highest BCUT2D eigenvalue weighted by Crippen LogP contribution is 2.30. The van der Waals surface area contributed by atoms with Gasteiger partial charge in [0, 0.05) is 13.1 Å². The Balaban J connectivity index is 3.11. The fourth-order valence-corrected chi connectivity index (χ4v) is 0.958. The molecule has 17 heavy (non-hydrogen) atoms. The van der Waals surface area contributed by atoms with Gasteiger partial charge in [-0.05, 0) is 6.92 Å². The molecule has 1 aromatic heterocycles. The van der Waals surface area contributed by atoms with Crippen molar-refractivity contribution in [2.75, 3.05) is 12.4 Å². The lowest BCUT2D eigenvalue weighted by Crippen LogP contribution is -2.14. The first-order chi connectivity index (χ1) is 7.86. The van der Waals surface area contributed by atoms with Crippen molar-refractivity contribution < 1.29 is 17.9 Å². The van der Waals surface area contributed by atoms with Gasteiger partial charge in [0.15, 0.2) is 11.8 Å². The summed E-state index contributed by atoms with van der Waals surface area (Å²) in [4.78, 5) is 6.99. The van der Waals surface area contributed by atoms with Gasteiger partial charge >= 0.3 is 6.18 Å². The number of terminal acetylenes is 1. The molecule has 0 aliphatic rings. The summed E-state index contributed by atoms with van der Waals surface area (Å²) in [6.45, 7) is 1.52. The zero-order chi connectivity index (χ0) is 13.1. The molecule has 0 amide bonds. The quantitative estimate of drug-likeness (QED) is 0.827. The lowest BCUT2D eigenvalue weighted by atomic mass is 10.4. The molecule has 0 fully saturated rings. The van der Waals surface area contributed by atoms with Gasteiger partial charge in [-0.1, -0.05) is 5.92 Å². The number of nitrogens with zero attached hydrogens (tertiary/aromatic N) is 2. The van der Waals surface area contributed by atoms with Crippen molar-refractivity contribution in [2.45, 2.75) is 19.2 Å². The van der Waals surface area contributed by atoms with E-state index in [0.29, 0.717) is 6.07 Å². The average molecular weight is 245 g/mol. The van der Waals surface area contributed by atoms with Crippen LogP contribution in [0, 0.1) is 12.3 Å². The summed E-state index contributed by atoms with van der Waals surface area (Å²) in [5, 5.41) is 2.42. The number of ether oxygens (including phenoxy) is 1. The molecule has 1 aromatic rings. The summed E-state index contributed by atoms with van der Waals surface area (Å²) in [6, 6.07) is 0.703. The maximum absolute atomic E-state index is 12.5. The van der Waals surface area contributed by atoms with Crippen molar-refractivity contribution in [3.63, 3.8) is 0 Å². The van der Waals surface area contributed by atoms with Crippen LogP contribution in [0.2, 0.25) is 0 Å². The summed E-state index contributed by atoms with van der Waals surface area (Å²) < 4.78 is 42.5. The number of anilines is 1. The molecule has 1 atom stereocenters. The Morgan fingerprint density at radius 3 is 2.59 bits per heavy atom. The fraction of sp³-hybridized carbons (Fsp3) is 0.400. The number of hydrogen-bond acceptors (Lipinski definition) is 4. The molecular weight excluding hydrogens is 235 g/mol. The predicted octanol–water partition coefficient (Wildman–Crippen LogP) is 1.94. The van der Waals surface area contributed by atoms with E-state index >= 15 is 0 Å². The Bertz CT molecular complexity index is 439. The van der Waals surface area contributed by atoms with Crippen LogP contribution < -0.4 is 10.1 Å². The topological polar surface area (TPSA) is 47.0 Å². The zero-order valence-corrected chi connectivity index (χ0v) is 9.17. The van der Waals surface area contributed by atoms with Gasteiger partial charge in [-0.15, -0.1) is 6.42 Å². The highest BCUT2D eigenvalue weighted by molar-refractivity contribution is 5.31. The van der Waals surface area contributed by atoms with Gasteiger partial charge in [0.05, 0.1) is 0 Å². The van der Waals surface area contributed by atoms with Gasteiger partial charge < -0.3 is 10.1 Å². The first-order valence-electron chi connectivity index (χ1n) is 4.63. The Hall–Kier alpha value is -1.97. The van der Waals surface area contributed by atoms with Crippen LogP contribution in [0.3, 0.4) is 0 Å². The van der Waals surface area contributed by atoms with Crippen LogP contribution in [-0.4, -0.2) is 23.1 Å². The summed E-state index contributed by atoms with van der Waals surface area (Å²) in [6.07, 6.45) is -0.176. The second-order valence-electron chi connectivity index (χ2n) is 3.09. The molecule has 0 aliphatic heterocycles. The zero-order valence-electron chi connectivity index (χ0n) is 9.17. The molecule has 0 radical (unpaired) electrons. The lowest BCUT2D eigenvalue weighted by molar-refractivity contribution is -0.141. The maximum Gasteiger partial charge on any atom is 0.433 e. The highest BCUT2D eigenvalue weighted by Gasteiger charge is 2.34. The molecular formula is C10H10F3N3O. The van der Waals surface area contributed by atoms with E-state index in [-0.39, 0.29) is 11.8 Å². The first kappa shape index (κ1) is 13.1. The largest absolute Gasteiger partial charge is 0.461 e. The molecule has 92 valence electrons. The highest BCUT2D eigenvalue weighted by atomic mass is 19.4. The molecule has 0 saturated heterocycles. The van der Waals surface area contributed by atoms with E-state index in [2.05, 4.69) is 21.2 Å². The van der Waals surface area contributed by atoms with E-state index in [1.54, 1.807) is 0 Å². The van der Waals surface area contributed by atoms with Crippen LogP contribution in [0.25, 0.3) is 0 Å². The van der Waals surface area contributed by atoms with Gasteiger partial charge in [-0.3, -0.25) is 0 Å². The molecule has 0 bridgehead atoms. The van der Waals surface area contributed by atoms with Crippen LogP contribution in [0.1, 0.15) is 12.6 Å². The number of rotatable bonds is 3. The van der Waals surface area contributed by atoms with Gasteiger partial charge in [-0.2, -0.15) is 18.2 Å². The number of nitrogens with one attached hydrogen (secondary N) is 1. The second kappa shape index (κ2) is 4.91. The van der Waals surface area contributed by atoms with Crippen molar-refractivity contribution in [3.05, 3.63) is 11.8 Å². The van der Waals surface area contributed by atoms with E-state index in [1.165, 1.54) is 14.0 Å². The standard InChI is InChI=1S/C10H10F3N3O/c1-4-6(2)17-8-5-7(10(11,12)13)15-9(14-3)16-8/h1,5-6H,2-3H3,(H,14,15,16). The Morgan fingerprint density at radius 2 is 2.12 bits per heavy atom. The van der Waals surface area contributed by atoms with E-state index in [0.717, 1.165) is 0 Å². The van der Waals surface area contributed by atoms with Gasteiger partial charge in [0.25, 0.3) is 0 Å². The Labute approximate surface area is 96.2 Å². The first-order valence-corrected chi connectivity index (χ1v) is 4.63. The van der Waals surface area contributed by atoms with Crippen molar-refractivity contribution in [1.82, 2.24) is 9.97 Å². The van der Waals surface area contributed by atoms with Crippen LogP contribution in [0.5, 0.6) is 5.88 Å². The molecule has 0 saturated carbocycles. The normalized spacial score (nSPS) is 12.7. The summed E-state index contributed by atoms with van der Waals surface area (Å²) >= 11 is 0. The average Bonchev–Trinajstić information content (AvgIpc) is 2.27. The minimum absolute atomic E-state index is 0.181. The maximum atomic E-state index is 12.5. The minimum atomic E-state index is -4.56. The molecule has 0 spiro atoms. The third-order valence-electron chi connectivity index (χ3n) is 1.75.